The summed E-state index contributed by atoms with van der Waals surface area (Å²) in [6, 6.07) is 12.0. The van der Waals surface area contributed by atoms with Crippen molar-refractivity contribution in [2.45, 2.75) is 18.4 Å². The summed E-state index contributed by atoms with van der Waals surface area (Å²) in [4.78, 5) is 13.8. The molecule has 1 heterocycles. The third kappa shape index (κ3) is 4.63. The normalized spacial score (nSPS) is 16.1. The molecule has 0 aromatic heterocycles. The Kier molecular flexibility index (Phi) is 6.54. The number of piperazine rings is 1. The lowest BCUT2D eigenvalue weighted by molar-refractivity contribution is 0.101. The summed E-state index contributed by atoms with van der Waals surface area (Å²) in [7, 11) is -1.91. The van der Waals surface area contributed by atoms with Gasteiger partial charge >= 0.3 is 0 Å². The van der Waals surface area contributed by atoms with Crippen LogP contribution in [0.5, 0.6) is 5.75 Å². The van der Waals surface area contributed by atoms with Gasteiger partial charge in [-0.15, -0.1) is 0 Å². The molecule has 2 aromatic carbocycles. The van der Waals surface area contributed by atoms with Crippen LogP contribution in [-0.4, -0.2) is 56.7 Å². The highest BCUT2D eigenvalue weighted by Crippen LogP contribution is 2.25. The van der Waals surface area contributed by atoms with Crippen LogP contribution in [-0.2, 0) is 16.6 Å². The molecule has 0 unspecified atom stereocenters. The van der Waals surface area contributed by atoms with Gasteiger partial charge in [0.15, 0.2) is 5.78 Å². The lowest BCUT2D eigenvalue weighted by Crippen LogP contribution is -2.48. The standard InChI is InChI=1S/C20H23BrN2O4S/c1-15(24)16-3-6-19(7-4-16)28(25,26)23-11-9-22(10-12-23)14-17-13-18(21)5-8-20(17)27-2/h3-8,13H,9-12,14H2,1-2H3. The summed E-state index contributed by atoms with van der Waals surface area (Å²) < 4.78 is 33.7. The maximum atomic E-state index is 12.9. The molecule has 0 amide bonds. The number of hydrogen-bond donors (Lipinski definition) is 0. The number of carbonyl (C=O) groups excluding carboxylic acids is 1. The van der Waals surface area contributed by atoms with Gasteiger partial charge in [-0.1, -0.05) is 28.1 Å². The first-order valence-electron chi connectivity index (χ1n) is 8.97. The number of ether oxygens (including phenoxy) is 1. The molecule has 6 nitrogen and oxygen atoms in total. The molecule has 0 N–H and O–H groups in total. The zero-order chi connectivity index (χ0) is 20.3. The van der Waals surface area contributed by atoms with E-state index in [0.717, 1.165) is 15.8 Å². The van der Waals surface area contributed by atoms with Crippen LogP contribution in [0.15, 0.2) is 51.8 Å². The summed E-state index contributed by atoms with van der Waals surface area (Å²) in [5.41, 5.74) is 1.57. The Bertz CT molecular complexity index is 953. The number of carbonyl (C=O) groups is 1. The van der Waals surface area contributed by atoms with Crippen LogP contribution in [0.25, 0.3) is 0 Å². The van der Waals surface area contributed by atoms with Crippen LogP contribution in [0.3, 0.4) is 0 Å². The van der Waals surface area contributed by atoms with E-state index in [1.165, 1.54) is 23.4 Å². The smallest absolute Gasteiger partial charge is 0.243 e. The van der Waals surface area contributed by atoms with E-state index in [2.05, 4.69) is 20.8 Å². The molecule has 2 aromatic rings. The van der Waals surface area contributed by atoms with Crippen molar-refractivity contribution in [2.75, 3.05) is 33.3 Å². The number of hydrogen-bond acceptors (Lipinski definition) is 5. The molecule has 0 spiro atoms. The van der Waals surface area contributed by atoms with E-state index in [0.29, 0.717) is 38.3 Å². The number of Topliss-reactive ketones (excluding diaryl/α,β-unsaturated/α-hetero) is 1. The molecule has 8 heteroatoms. The molecule has 1 fully saturated rings. The molecule has 28 heavy (non-hydrogen) atoms. The van der Waals surface area contributed by atoms with Gasteiger partial charge in [0, 0.05) is 48.3 Å². The number of ketones is 1. The van der Waals surface area contributed by atoms with Crippen LogP contribution in [0.4, 0.5) is 0 Å². The van der Waals surface area contributed by atoms with Crippen LogP contribution in [0.1, 0.15) is 22.8 Å². The Labute approximate surface area is 174 Å². The molecule has 0 saturated carbocycles. The quantitative estimate of drug-likeness (QED) is 0.611. The number of sulfonamides is 1. The van der Waals surface area contributed by atoms with Crippen LogP contribution in [0.2, 0.25) is 0 Å². The first-order valence-corrected chi connectivity index (χ1v) is 11.2. The average Bonchev–Trinajstić information content (AvgIpc) is 2.68. The van der Waals surface area contributed by atoms with Crippen molar-refractivity contribution in [3.8, 4) is 5.75 Å². The minimum absolute atomic E-state index is 0.0828. The second-order valence-corrected chi connectivity index (χ2v) is 9.57. The summed E-state index contributed by atoms with van der Waals surface area (Å²) >= 11 is 3.48. The van der Waals surface area contributed by atoms with Crippen molar-refractivity contribution in [3.05, 3.63) is 58.1 Å². The van der Waals surface area contributed by atoms with Gasteiger partial charge in [0.2, 0.25) is 10.0 Å². The fourth-order valence-electron chi connectivity index (χ4n) is 3.25. The summed E-state index contributed by atoms with van der Waals surface area (Å²) in [6.45, 7) is 4.29. The summed E-state index contributed by atoms with van der Waals surface area (Å²) in [5, 5.41) is 0. The van der Waals surface area contributed by atoms with E-state index >= 15 is 0 Å². The number of halogens is 1. The van der Waals surface area contributed by atoms with Crippen molar-refractivity contribution in [3.63, 3.8) is 0 Å². The minimum atomic E-state index is -3.56. The van der Waals surface area contributed by atoms with Gasteiger partial charge in [-0.2, -0.15) is 4.31 Å². The van der Waals surface area contributed by atoms with Crippen molar-refractivity contribution in [1.82, 2.24) is 9.21 Å². The lowest BCUT2D eigenvalue weighted by atomic mass is 10.2. The average molecular weight is 467 g/mol. The molecule has 0 aliphatic carbocycles. The van der Waals surface area contributed by atoms with E-state index in [4.69, 9.17) is 4.74 Å². The zero-order valence-electron chi connectivity index (χ0n) is 15.9. The molecule has 1 aliphatic heterocycles. The highest BCUT2D eigenvalue weighted by molar-refractivity contribution is 9.10. The van der Waals surface area contributed by atoms with Gasteiger partial charge in [0.25, 0.3) is 0 Å². The Morgan fingerprint density at radius 3 is 2.29 bits per heavy atom. The summed E-state index contributed by atoms with van der Waals surface area (Å²) in [5.74, 6) is 0.740. The molecule has 150 valence electrons. The predicted octanol–water partition coefficient (Wildman–Crippen LogP) is 3.17. The Morgan fingerprint density at radius 2 is 1.71 bits per heavy atom. The number of benzene rings is 2. The zero-order valence-corrected chi connectivity index (χ0v) is 18.3. The minimum Gasteiger partial charge on any atom is -0.496 e. The number of nitrogens with zero attached hydrogens (tertiary/aromatic N) is 2. The van der Waals surface area contributed by atoms with Gasteiger partial charge < -0.3 is 4.74 Å². The van der Waals surface area contributed by atoms with Crippen molar-refractivity contribution < 1.29 is 17.9 Å². The highest BCUT2D eigenvalue weighted by atomic mass is 79.9. The number of methoxy groups -OCH3 is 1. The van der Waals surface area contributed by atoms with Crippen LogP contribution >= 0.6 is 15.9 Å². The van der Waals surface area contributed by atoms with Gasteiger partial charge in [-0.05, 0) is 37.3 Å². The second kappa shape index (κ2) is 8.73. The fraction of sp³-hybridized carbons (Fsp3) is 0.350. The molecule has 1 aliphatic rings. The van der Waals surface area contributed by atoms with Crippen LogP contribution in [0, 0.1) is 0 Å². The van der Waals surface area contributed by atoms with Crippen molar-refractivity contribution >= 4 is 31.7 Å². The molecule has 0 atom stereocenters. The number of rotatable bonds is 6. The molecule has 0 bridgehead atoms. The van der Waals surface area contributed by atoms with Crippen LogP contribution < -0.4 is 4.74 Å². The lowest BCUT2D eigenvalue weighted by Gasteiger charge is -2.34. The molecule has 3 rings (SSSR count). The topological polar surface area (TPSA) is 66.9 Å². The van der Waals surface area contributed by atoms with E-state index < -0.39 is 10.0 Å². The van der Waals surface area contributed by atoms with Gasteiger partial charge in [0.1, 0.15) is 5.75 Å². The Balaban J connectivity index is 1.66. The first kappa shape index (κ1) is 21.0. The SMILES string of the molecule is COc1ccc(Br)cc1CN1CCN(S(=O)(=O)c2ccc(C(C)=O)cc2)CC1. The summed E-state index contributed by atoms with van der Waals surface area (Å²) in [6.07, 6.45) is 0. The largest absolute Gasteiger partial charge is 0.496 e. The maximum Gasteiger partial charge on any atom is 0.243 e. The highest BCUT2D eigenvalue weighted by Gasteiger charge is 2.28. The molecular formula is C20H23BrN2O4S. The van der Waals surface area contributed by atoms with E-state index in [1.807, 2.05) is 18.2 Å². The fourth-order valence-corrected chi connectivity index (χ4v) is 5.08. The van der Waals surface area contributed by atoms with Crippen molar-refractivity contribution in [1.29, 1.82) is 0 Å². The van der Waals surface area contributed by atoms with E-state index in [9.17, 15) is 13.2 Å². The monoisotopic (exact) mass is 466 g/mol. The third-order valence-corrected chi connectivity index (χ3v) is 7.27. The molecular weight excluding hydrogens is 444 g/mol. The second-order valence-electron chi connectivity index (χ2n) is 6.72. The van der Waals surface area contributed by atoms with Gasteiger partial charge in [-0.3, -0.25) is 9.69 Å². The van der Waals surface area contributed by atoms with E-state index in [-0.39, 0.29) is 10.7 Å². The predicted molar refractivity (Wildman–Crippen MR) is 111 cm³/mol. The van der Waals surface area contributed by atoms with Crippen molar-refractivity contribution in [2.24, 2.45) is 0 Å². The first-order chi connectivity index (χ1) is 13.3. The van der Waals surface area contributed by atoms with Gasteiger partial charge in [-0.25, -0.2) is 8.42 Å². The third-order valence-electron chi connectivity index (χ3n) is 4.87. The maximum absolute atomic E-state index is 12.9. The molecule has 1 saturated heterocycles. The Hall–Kier alpha value is -1.74. The molecule has 0 radical (unpaired) electrons. The van der Waals surface area contributed by atoms with E-state index in [1.54, 1.807) is 19.2 Å². The Morgan fingerprint density at radius 1 is 1.07 bits per heavy atom. The van der Waals surface area contributed by atoms with Gasteiger partial charge in [0.05, 0.1) is 12.0 Å².